The molecule has 3 rings (SSSR count). The van der Waals surface area contributed by atoms with Crippen molar-refractivity contribution in [3.05, 3.63) is 58.7 Å². The van der Waals surface area contributed by atoms with Gasteiger partial charge in [0, 0.05) is 26.2 Å². The third-order valence-electron chi connectivity index (χ3n) is 4.46. The van der Waals surface area contributed by atoms with Crippen LogP contribution in [0.3, 0.4) is 0 Å². The van der Waals surface area contributed by atoms with E-state index in [9.17, 15) is 0 Å². The molecule has 2 aromatic carbocycles. The number of hydrogen-bond acceptors (Lipinski definition) is 0. The van der Waals surface area contributed by atoms with Crippen molar-refractivity contribution in [2.24, 2.45) is 0 Å². The van der Waals surface area contributed by atoms with Gasteiger partial charge in [0.25, 0.3) is 0 Å². The summed E-state index contributed by atoms with van der Waals surface area (Å²) in [6.45, 7) is 13.6. The molecule has 0 unspecified atom stereocenters. The second-order valence-corrected chi connectivity index (χ2v) is 8.31. The average Bonchev–Trinajstić information content (AvgIpc) is 2.73. The van der Waals surface area contributed by atoms with Crippen LogP contribution in [0.1, 0.15) is 63.8 Å². The van der Waals surface area contributed by atoms with Crippen LogP contribution in [-0.4, -0.2) is 0 Å². The van der Waals surface area contributed by atoms with Crippen LogP contribution in [0.4, 0.5) is 0 Å². The van der Waals surface area contributed by atoms with Gasteiger partial charge in [0.05, 0.1) is 0 Å². The van der Waals surface area contributed by atoms with Crippen molar-refractivity contribution in [2.45, 2.75) is 58.8 Å². The number of benzene rings is 2. The molecule has 0 atom stereocenters. The summed E-state index contributed by atoms with van der Waals surface area (Å²) < 4.78 is 0. The molecule has 0 heterocycles. The van der Waals surface area contributed by atoms with Crippen molar-refractivity contribution in [1.82, 2.24) is 0 Å². The maximum Gasteiger partial charge on any atom is 0 e. The van der Waals surface area contributed by atoms with Crippen molar-refractivity contribution in [1.29, 1.82) is 0 Å². The molecule has 0 nitrogen and oxygen atoms in total. The maximum absolute atomic E-state index is 3.67. The summed E-state index contributed by atoms with van der Waals surface area (Å²) in [5, 5.41) is 0. The SMILES string of the molecule is CC(C)(C)c1[c-]c2c(cc1)-c1ccc(C(C)(C)C)cc1C2.[Zr]. The third kappa shape index (κ3) is 3.16. The molecule has 0 saturated carbocycles. The number of fused-ring (bicyclic) bond motifs is 3. The number of rotatable bonds is 0. The van der Waals surface area contributed by atoms with Gasteiger partial charge in [-0.15, -0.1) is 11.1 Å². The molecule has 22 heavy (non-hydrogen) atoms. The molecule has 0 saturated heterocycles. The average molecular weight is 369 g/mol. The standard InChI is InChI=1S/C21H25.Zr/c1-20(2,3)16-7-9-18-14(12-16)11-15-13-17(21(4,5)6)8-10-19(15)18;/h7-10,12H,11H2,1-6H3;/q-1;. The Kier molecular flexibility index (Phi) is 4.62. The number of hydrogen-bond donors (Lipinski definition) is 0. The van der Waals surface area contributed by atoms with E-state index in [0.29, 0.717) is 0 Å². The van der Waals surface area contributed by atoms with E-state index in [4.69, 9.17) is 0 Å². The second kappa shape index (κ2) is 5.75. The van der Waals surface area contributed by atoms with Gasteiger partial charge in [0.1, 0.15) is 0 Å². The van der Waals surface area contributed by atoms with Gasteiger partial charge in [-0.3, -0.25) is 0 Å². The van der Waals surface area contributed by atoms with Crippen LogP contribution < -0.4 is 0 Å². The molecule has 0 spiro atoms. The fraction of sp³-hybridized carbons (Fsp3) is 0.429. The molecule has 1 aliphatic rings. The summed E-state index contributed by atoms with van der Waals surface area (Å²) >= 11 is 0. The van der Waals surface area contributed by atoms with Crippen LogP contribution >= 0.6 is 0 Å². The summed E-state index contributed by atoms with van der Waals surface area (Å²) in [6.07, 6.45) is 1.03. The first-order valence-corrected chi connectivity index (χ1v) is 7.86. The third-order valence-corrected chi connectivity index (χ3v) is 4.46. The monoisotopic (exact) mass is 367 g/mol. The zero-order valence-corrected chi connectivity index (χ0v) is 17.1. The molecule has 0 bridgehead atoms. The predicted molar refractivity (Wildman–Crippen MR) is 90.9 cm³/mol. The molecule has 0 aromatic heterocycles. The molecule has 1 aliphatic carbocycles. The minimum atomic E-state index is 0. The summed E-state index contributed by atoms with van der Waals surface area (Å²) in [5.41, 5.74) is 8.70. The Morgan fingerprint density at radius 2 is 1.45 bits per heavy atom. The van der Waals surface area contributed by atoms with Gasteiger partial charge in [-0.1, -0.05) is 65.3 Å². The van der Waals surface area contributed by atoms with Gasteiger partial charge < -0.3 is 0 Å². The Morgan fingerprint density at radius 1 is 0.818 bits per heavy atom. The quantitative estimate of drug-likeness (QED) is 0.450. The molecule has 114 valence electrons. The van der Waals surface area contributed by atoms with Crippen LogP contribution in [-0.2, 0) is 43.5 Å². The zero-order chi connectivity index (χ0) is 15.4. The Bertz CT molecular complexity index is 635. The molecule has 0 N–H and O–H groups in total. The van der Waals surface area contributed by atoms with E-state index in [2.05, 4.69) is 77.9 Å². The smallest absolute Gasteiger partial charge is 0 e. The van der Waals surface area contributed by atoms with Crippen LogP contribution in [0.25, 0.3) is 11.1 Å². The van der Waals surface area contributed by atoms with Crippen LogP contribution in [0.5, 0.6) is 0 Å². The fourth-order valence-electron chi connectivity index (χ4n) is 3.03. The summed E-state index contributed by atoms with van der Waals surface area (Å²) in [4.78, 5) is 0. The van der Waals surface area contributed by atoms with E-state index < -0.39 is 0 Å². The van der Waals surface area contributed by atoms with E-state index in [1.807, 2.05) is 0 Å². The first-order valence-electron chi connectivity index (χ1n) is 7.86. The summed E-state index contributed by atoms with van der Waals surface area (Å²) in [5.74, 6) is 0. The van der Waals surface area contributed by atoms with Crippen LogP contribution in [0.2, 0.25) is 0 Å². The van der Waals surface area contributed by atoms with E-state index in [1.54, 1.807) is 0 Å². The minimum Gasteiger partial charge on any atom is -0.175 e. The zero-order valence-electron chi connectivity index (χ0n) is 14.6. The Hall–Kier alpha value is -0.677. The molecule has 0 fully saturated rings. The molecular formula is C21H25Zr-. The van der Waals surface area contributed by atoms with Gasteiger partial charge in [0.2, 0.25) is 0 Å². The van der Waals surface area contributed by atoms with Crippen molar-refractivity contribution in [3.8, 4) is 11.1 Å². The molecule has 0 radical (unpaired) electrons. The fourth-order valence-corrected chi connectivity index (χ4v) is 3.03. The Labute approximate surface area is 154 Å². The maximum atomic E-state index is 3.67. The van der Waals surface area contributed by atoms with Gasteiger partial charge in [-0.2, -0.15) is 23.8 Å². The molecule has 2 aromatic rings. The first kappa shape index (κ1) is 17.7. The van der Waals surface area contributed by atoms with E-state index in [1.165, 1.54) is 33.4 Å². The largest absolute Gasteiger partial charge is 0.175 e. The molecule has 0 aliphatic heterocycles. The topological polar surface area (TPSA) is 0 Å². The van der Waals surface area contributed by atoms with Gasteiger partial charge in [-0.05, 0) is 28.4 Å². The molecule has 0 amide bonds. The molecule has 1 heteroatoms. The van der Waals surface area contributed by atoms with Crippen molar-refractivity contribution in [3.63, 3.8) is 0 Å². The van der Waals surface area contributed by atoms with Crippen molar-refractivity contribution >= 4 is 0 Å². The summed E-state index contributed by atoms with van der Waals surface area (Å²) in [7, 11) is 0. The summed E-state index contributed by atoms with van der Waals surface area (Å²) in [6, 6.07) is 15.2. The van der Waals surface area contributed by atoms with Crippen LogP contribution in [0.15, 0.2) is 30.3 Å². The van der Waals surface area contributed by atoms with Gasteiger partial charge in [0.15, 0.2) is 0 Å². The van der Waals surface area contributed by atoms with Gasteiger partial charge in [-0.25, -0.2) is 0 Å². The molecular weight excluding hydrogens is 343 g/mol. The Balaban J connectivity index is 0.00000176. The van der Waals surface area contributed by atoms with E-state index >= 15 is 0 Å². The normalized spacial score (nSPS) is 13.4. The Morgan fingerprint density at radius 3 is 2.05 bits per heavy atom. The van der Waals surface area contributed by atoms with E-state index in [-0.39, 0.29) is 37.0 Å². The second-order valence-electron chi connectivity index (χ2n) is 8.31. The first-order chi connectivity index (χ1) is 9.66. The van der Waals surface area contributed by atoms with E-state index in [0.717, 1.165) is 6.42 Å². The minimum absolute atomic E-state index is 0. The van der Waals surface area contributed by atoms with Crippen molar-refractivity contribution < 1.29 is 26.2 Å². The predicted octanol–water partition coefficient (Wildman–Crippen LogP) is 5.65. The van der Waals surface area contributed by atoms with Gasteiger partial charge >= 0.3 is 0 Å². The van der Waals surface area contributed by atoms with Crippen molar-refractivity contribution in [2.75, 3.05) is 0 Å². The van der Waals surface area contributed by atoms with Crippen LogP contribution in [0, 0.1) is 6.07 Å².